The first-order valence-corrected chi connectivity index (χ1v) is 12.9. The Hall–Kier alpha value is -3.51. The van der Waals surface area contributed by atoms with Gasteiger partial charge in [-0.1, -0.05) is 48.5 Å². The van der Waals surface area contributed by atoms with Crippen LogP contribution in [-0.4, -0.2) is 21.2 Å². The SMILES string of the molecule is CN1c2ccccc2C(C)(C)C12Cc1cc(NS(=O)(=O)c3ccc4ccccc4c3)ccc1O2. The molecule has 2 aliphatic rings. The zero-order valence-corrected chi connectivity index (χ0v) is 20.2. The number of rotatable bonds is 3. The molecule has 0 radical (unpaired) electrons. The van der Waals surface area contributed by atoms with Crippen molar-refractivity contribution in [2.24, 2.45) is 0 Å². The van der Waals surface area contributed by atoms with E-state index in [1.807, 2.05) is 48.5 Å². The average Bonchev–Trinajstić information content (AvgIpc) is 3.29. The maximum absolute atomic E-state index is 13.1. The third-order valence-electron chi connectivity index (χ3n) is 7.51. The first kappa shape index (κ1) is 21.1. The fourth-order valence-electron chi connectivity index (χ4n) is 5.56. The summed E-state index contributed by atoms with van der Waals surface area (Å²) < 4.78 is 35.7. The third kappa shape index (κ3) is 2.88. The highest BCUT2D eigenvalue weighted by molar-refractivity contribution is 7.92. The number of likely N-dealkylation sites (N-methyl/N-ethyl adjacent to an activating group) is 1. The van der Waals surface area contributed by atoms with Gasteiger partial charge in [-0.15, -0.1) is 0 Å². The van der Waals surface area contributed by atoms with Gasteiger partial charge >= 0.3 is 0 Å². The maximum atomic E-state index is 13.1. The molecule has 6 rings (SSSR count). The molecule has 1 spiro atoms. The molecule has 4 aromatic rings. The molecule has 1 unspecified atom stereocenters. The van der Waals surface area contributed by atoms with E-state index in [0.717, 1.165) is 27.8 Å². The van der Waals surface area contributed by atoms with E-state index >= 15 is 0 Å². The molecular weight excluding hydrogens is 444 g/mol. The molecule has 0 fully saturated rings. The van der Waals surface area contributed by atoms with E-state index in [-0.39, 0.29) is 10.3 Å². The van der Waals surface area contributed by atoms with Crippen molar-refractivity contribution in [3.63, 3.8) is 0 Å². The van der Waals surface area contributed by atoms with E-state index in [0.29, 0.717) is 12.1 Å². The molecule has 0 bridgehead atoms. The molecular formula is C28H26N2O3S. The van der Waals surface area contributed by atoms with Crippen LogP contribution in [0.5, 0.6) is 5.75 Å². The number of nitrogens with one attached hydrogen (secondary N) is 1. The van der Waals surface area contributed by atoms with Crippen LogP contribution in [0.3, 0.4) is 0 Å². The van der Waals surface area contributed by atoms with Crippen LogP contribution in [0.1, 0.15) is 25.0 Å². The molecule has 0 saturated heterocycles. The van der Waals surface area contributed by atoms with Crippen molar-refractivity contribution in [3.8, 4) is 5.75 Å². The standard InChI is InChI=1S/C28H26N2O3S/c1-27(2)24-10-6-7-11-25(24)30(3)28(27)18-21-16-22(13-15-26(21)33-28)29-34(31,32)23-14-12-19-8-4-5-9-20(19)17-23/h4-17,29H,18H2,1-3H3. The molecule has 0 saturated carbocycles. The minimum absolute atomic E-state index is 0.242. The Balaban J connectivity index is 1.32. The second-order valence-corrected chi connectivity index (χ2v) is 11.4. The first-order chi connectivity index (χ1) is 16.2. The molecule has 2 aliphatic heterocycles. The van der Waals surface area contributed by atoms with Gasteiger partial charge in [0, 0.05) is 30.4 Å². The molecule has 6 heteroatoms. The summed E-state index contributed by atoms with van der Waals surface area (Å²) in [6.07, 6.45) is 0.659. The predicted molar refractivity (Wildman–Crippen MR) is 136 cm³/mol. The van der Waals surface area contributed by atoms with E-state index in [2.05, 4.69) is 48.7 Å². The number of para-hydroxylation sites is 1. The van der Waals surface area contributed by atoms with Crippen molar-refractivity contribution in [3.05, 3.63) is 96.1 Å². The summed E-state index contributed by atoms with van der Waals surface area (Å²) in [7, 11) is -1.66. The number of anilines is 2. The van der Waals surface area contributed by atoms with Crippen LogP contribution in [0.4, 0.5) is 11.4 Å². The number of fused-ring (bicyclic) bond motifs is 3. The molecule has 0 amide bonds. The number of ether oxygens (including phenoxy) is 1. The van der Waals surface area contributed by atoms with Crippen molar-refractivity contribution in [2.75, 3.05) is 16.7 Å². The van der Waals surface area contributed by atoms with E-state index in [9.17, 15) is 8.42 Å². The van der Waals surface area contributed by atoms with E-state index in [1.165, 1.54) is 5.56 Å². The minimum atomic E-state index is -3.73. The summed E-state index contributed by atoms with van der Waals surface area (Å²) >= 11 is 0. The summed E-state index contributed by atoms with van der Waals surface area (Å²) in [5.41, 5.74) is 3.13. The molecule has 4 aromatic carbocycles. The summed E-state index contributed by atoms with van der Waals surface area (Å²) in [6, 6.07) is 26.8. The quantitative estimate of drug-likeness (QED) is 0.417. The Kier molecular flexibility index (Phi) is 4.33. The predicted octanol–water partition coefficient (Wildman–Crippen LogP) is 5.70. The lowest BCUT2D eigenvalue weighted by molar-refractivity contribution is 0.0350. The van der Waals surface area contributed by atoms with Crippen molar-refractivity contribution in [2.45, 2.75) is 36.3 Å². The smallest absolute Gasteiger partial charge is 0.261 e. The van der Waals surface area contributed by atoms with Gasteiger partial charge in [-0.3, -0.25) is 4.72 Å². The Labute approximate surface area is 200 Å². The van der Waals surface area contributed by atoms with Crippen LogP contribution in [-0.2, 0) is 21.9 Å². The van der Waals surface area contributed by atoms with Crippen molar-refractivity contribution in [1.82, 2.24) is 0 Å². The van der Waals surface area contributed by atoms with Gasteiger partial charge in [0.1, 0.15) is 5.75 Å². The molecule has 0 aliphatic carbocycles. The second-order valence-electron chi connectivity index (χ2n) is 9.70. The van der Waals surface area contributed by atoms with Crippen LogP contribution in [0.2, 0.25) is 0 Å². The molecule has 1 N–H and O–H groups in total. The number of hydrogen-bond acceptors (Lipinski definition) is 4. The number of nitrogens with zero attached hydrogens (tertiary/aromatic N) is 1. The van der Waals surface area contributed by atoms with Crippen LogP contribution >= 0.6 is 0 Å². The van der Waals surface area contributed by atoms with E-state index < -0.39 is 15.7 Å². The topological polar surface area (TPSA) is 58.6 Å². The molecule has 0 aromatic heterocycles. The Morgan fingerprint density at radius 1 is 0.882 bits per heavy atom. The zero-order valence-electron chi connectivity index (χ0n) is 19.4. The van der Waals surface area contributed by atoms with Gasteiger partial charge in [0.2, 0.25) is 0 Å². The van der Waals surface area contributed by atoms with Gasteiger partial charge < -0.3 is 9.64 Å². The van der Waals surface area contributed by atoms with Crippen LogP contribution < -0.4 is 14.4 Å². The molecule has 5 nitrogen and oxygen atoms in total. The highest BCUT2D eigenvalue weighted by atomic mass is 32.2. The van der Waals surface area contributed by atoms with Crippen molar-refractivity contribution < 1.29 is 13.2 Å². The molecule has 2 heterocycles. The zero-order chi connectivity index (χ0) is 23.7. The number of sulfonamides is 1. The van der Waals surface area contributed by atoms with E-state index in [4.69, 9.17) is 4.74 Å². The van der Waals surface area contributed by atoms with Gasteiger partial charge in [-0.05, 0) is 66.6 Å². The first-order valence-electron chi connectivity index (χ1n) is 11.4. The lowest BCUT2D eigenvalue weighted by atomic mass is 9.76. The van der Waals surface area contributed by atoms with Gasteiger partial charge in [-0.25, -0.2) is 8.42 Å². The number of benzene rings is 4. The summed E-state index contributed by atoms with van der Waals surface area (Å²) in [5.74, 6) is 0.793. The lowest BCUT2D eigenvalue weighted by Gasteiger charge is -2.42. The highest BCUT2D eigenvalue weighted by Gasteiger charge is 2.60. The third-order valence-corrected chi connectivity index (χ3v) is 8.89. The van der Waals surface area contributed by atoms with Gasteiger partial charge in [0.05, 0.1) is 10.3 Å². The van der Waals surface area contributed by atoms with Gasteiger partial charge in [0.25, 0.3) is 10.0 Å². The minimum Gasteiger partial charge on any atom is -0.466 e. The Morgan fingerprint density at radius 3 is 2.41 bits per heavy atom. The van der Waals surface area contributed by atoms with Crippen molar-refractivity contribution in [1.29, 1.82) is 0 Å². The molecule has 172 valence electrons. The van der Waals surface area contributed by atoms with Crippen molar-refractivity contribution >= 4 is 32.2 Å². The summed E-state index contributed by atoms with van der Waals surface area (Å²) in [6.45, 7) is 4.43. The maximum Gasteiger partial charge on any atom is 0.261 e. The fourth-order valence-corrected chi connectivity index (χ4v) is 6.64. The van der Waals surface area contributed by atoms with Gasteiger partial charge in [-0.2, -0.15) is 0 Å². The normalized spacial score (nSPS) is 20.3. The van der Waals surface area contributed by atoms with E-state index in [1.54, 1.807) is 18.2 Å². The largest absolute Gasteiger partial charge is 0.466 e. The van der Waals surface area contributed by atoms with Gasteiger partial charge in [0.15, 0.2) is 5.72 Å². The summed E-state index contributed by atoms with van der Waals surface area (Å²) in [4.78, 5) is 2.47. The second kappa shape index (κ2) is 7.00. The summed E-state index contributed by atoms with van der Waals surface area (Å²) in [5, 5.41) is 1.89. The highest BCUT2D eigenvalue weighted by Crippen LogP contribution is 2.56. The van der Waals surface area contributed by atoms with Crippen LogP contribution in [0.25, 0.3) is 10.8 Å². The average molecular weight is 471 g/mol. The Morgan fingerprint density at radius 2 is 1.62 bits per heavy atom. The van der Waals surface area contributed by atoms with Crippen LogP contribution in [0, 0.1) is 0 Å². The van der Waals surface area contributed by atoms with Crippen LogP contribution in [0.15, 0.2) is 89.8 Å². The Bertz CT molecular complexity index is 1560. The fraction of sp³-hybridized carbons (Fsp3) is 0.214. The number of hydrogen-bond donors (Lipinski definition) is 1. The molecule has 1 atom stereocenters. The monoisotopic (exact) mass is 470 g/mol. The molecule has 34 heavy (non-hydrogen) atoms. The lowest BCUT2D eigenvalue weighted by Crippen LogP contribution is -2.58.